The predicted octanol–water partition coefficient (Wildman–Crippen LogP) is 3.93. The molecule has 0 unspecified atom stereocenters. The summed E-state index contributed by atoms with van der Waals surface area (Å²) in [4.78, 5) is 16.0. The minimum atomic E-state index is -0.479. The lowest BCUT2D eigenvalue weighted by molar-refractivity contribution is -0.385. The van der Waals surface area contributed by atoms with Gasteiger partial charge in [-0.2, -0.15) is 0 Å². The number of aromatic nitrogens is 1. The Kier molecular flexibility index (Phi) is 4.42. The third kappa shape index (κ3) is 3.59. The van der Waals surface area contributed by atoms with Crippen LogP contribution < -0.4 is 4.90 Å². The van der Waals surface area contributed by atoms with Crippen molar-refractivity contribution in [3.8, 4) is 0 Å². The molecule has 1 aromatic carbocycles. The van der Waals surface area contributed by atoms with Crippen LogP contribution in [0.25, 0.3) is 0 Å². The summed E-state index contributed by atoms with van der Waals surface area (Å²) in [6.07, 6.45) is 1.23. The second-order valence-electron chi connectivity index (χ2n) is 4.27. The molecule has 0 fully saturated rings. The normalized spacial score (nSPS) is 10.3. The number of rotatable bonds is 4. The molecule has 0 saturated carbocycles. The Morgan fingerprint density at radius 1 is 1.25 bits per heavy atom. The zero-order valence-corrected chi connectivity index (χ0v) is 12.1. The van der Waals surface area contributed by atoms with Gasteiger partial charge in [0.05, 0.1) is 4.92 Å². The van der Waals surface area contributed by atoms with E-state index in [9.17, 15) is 10.1 Å². The van der Waals surface area contributed by atoms with Gasteiger partial charge in [0.2, 0.25) is 0 Å². The standard InChI is InChI=1S/C13H11Cl2N3O2/c1-17(8-9-4-10(14)6-11(15)5-9)13-3-2-12(7-16-13)18(19)20/h2-7H,8H2,1H3. The van der Waals surface area contributed by atoms with Gasteiger partial charge >= 0.3 is 0 Å². The van der Waals surface area contributed by atoms with E-state index < -0.39 is 4.92 Å². The summed E-state index contributed by atoms with van der Waals surface area (Å²) in [6.45, 7) is 0.547. The van der Waals surface area contributed by atoms with Crippen molar-refractivity contribution in [3.63, 3.8) is 0 Å². The van der Waals surface area contributed by atoms with Crippen LogP contribution in [-0.4, -0.2) is 17.0 Å². The maximum atomic E-state index is 10.6. The minimum Gasteiger partial charge on any atom is -0.355 e. The van der Waals surface area contributed by atoms with Crippen molar-refractivity contribution in [1.29, 1.82) is 0 Å². The van der Waals surface area contributed by atoms with Gasteiger partial charge in [0.15, 0.2) is 0 Å². The van der Waals surface area contributed by atoms with Crippen LogP contribution in [0.5, 0.6) is 0 Å². The van der Waals surface area contributed by atoms with Crippen molar-refractivity contribution in [3.05, 3.63) is 62.3 Å². The van der Waals surface area contributed by atoms with Crippen LogP contribution in [0.15, 0.2) is 36.5 Å². The lowest BCUT2D eigenvalue weighted by atomic mass is 10.2. The summed E-state index contributed by atoms with van der Waals surface area (Å²) in [5.74, 6) is 0.631. The molecule has 0 aliphatic carbocycles. The van der Waals surface area contributed by atoms with Crippen molar-refractivity contribution < 1.29 is 4.92 Å². The number of halogens is 2. The van der Waals surface area contributed by atoms with Crippen molar-refractivity contribution in [1.82, 2.24) is 4.98 Å². The molecule has 0 N–H and O–H groups in total. The summed E-state index contributed by atoms with van der Waals surface area (Å²) in [6, 6.07) is 8.31. The highest BCUT2D eigenvalue weighted by atomic mass is 35.5. The van der Waals surface area contributed by atoms with E-state index >= 15 is 0 Å². The second kappa shape index (κ2) is 6.07. The van der Waals surface area contributed by atoms with E-state index in [1.165, 1.54) is 12.3 Å². The van der Waals surface area contributed by atoms with Crippen LogP contribution in [-0.2, 0) is 6.54 Å². The molecule has 0 spiro atoms. The fourth-order valence-electron chi connectivity index (χ4n) is 1.77. The van der Waals surface area contributed by atoms with Gasteiger partial charge < -0.3 is 4.90 Å². The fraction of sp³-hybridized carbons (Fsp3) is 0.154. The van der Waals surface area contributed by atoms with E-state index in [2.05, 4.69) is 4.98 Å². The Labute approximate surface area is 125 Å². The first-order valence-corrected chi connectivity index (χ1v) is 6.48. The Morgan fingerprint density at radius 2 is 1.90 bits per heavy atom. The molecular weight excluding hydrogens is 301 g/mol. The quantitative estimate of drug-likeness (QED) is 0.634. The van der Waals surface area contributed by atoms with Crippen LogP contribution in [0.4, 0.5) is 11.5 Å². The maximum Gasteiger partial charge on any atom is 0.287 e. The second-order valence-corrected chi connectivity index (χ2v) is 5.14. The van der Waals surface area contributed by atoms with Gasteiger partial charge in [-0.3, -0.25) is 10.1 Å². The summed E-state index contributed by atoms with van der Waals surface area (Å²) in [5, 5.41) is 11.7. The Morgan fingerprint density at radius 3 is 2.40 bits per heavy atom. The first-order chi connectivity index (χ1) is 9.45. The number of pyridine rings is 1. The lowest BCUT2D eigenvalue weighted by Gasteiger charge is -2.18. The molecule has 1 heterocycles. The number of hydrogen-bond donors (Lipinski definition) is 0. The van der Waals surface area contributed by atoms with Gasteiger partial charge in [-0.05, 0) is 29.8 Å². The van der Waals surface area contributed by atoms with Gasteiger partial charge in [-0.15, -0.1) is 0 Å². The van der Waals surface area contributed by atoms with Gasteiger partial charge in [0, 0.05) is 29.7 Å². The number of nitro groups is 1. The average molecular weight is 312 g/mol. The van der Waals surface area contributed by atoms with Crippen molar-refractivity contribution in [2.45, 2.75) is 6.54 Å². The molecule has 1 aromatic heterocycles. The molecule has 0 aliphatic rings. The van der Waals surface area contributed by atoms with Crippen LogP contribution in [0.3, 0.4) is 0 Å². The van der Waals surface area contributed by atoms with Crippen LogP contribution in [0.1, 0.15) is 5.56 Å². The first-order valence-electron chi connectivity index (χ1n) is 5.72. The van der Waals surface area contributed by atoms with Gasteiger partial charge in [0.1, 0.15) is 12.0 Å². The Balaban J connectivity index is 2.14. The topological polar surface area (TPSA) is 59.3 Å². The van der Waals surface area contributed by atoms with Gasteiger partial charge in [-0.1, -0.05) is 23.2 Å². The third-order valence-electron chi connectivity index (χ3n) is 2.68. The highest BCUT2D eigenvalue weighted by Gasteiger charge is 2.09. The number of hydrogen-bond acceptors (Lipinski definition) is 4. The highest BCUT2D eigenvalue weighted by Crippen LogP contribution is 2.22. The SMILES string of the molecule is CN(Cc1cc(Cl)cc(Cl)c1)c1ccc([N+](=O)[O-])cn1. The number of nitrogens with zero attached hydrogens (tertiary/aromatic N) is 3. The molecule has 2 rings (SSSR count). The average Bonchev–Trinajstić information content (AvgIpc) is 2.37. The van der Waals surface area contributed by atoms with E-state index in [1.54, 1.807) is 12.1 Å². The van der Waals surface area contributed by atoms with Crippen molar-refractivity contribution in [2.75, 3.05) is 11.9 Å². The molecule has 0 radical (unpaired) electrons. The molecule has 5 nitrogen and oxygen atoms in total. The number of benzene rings is 1. The van der Waals surface area contributed by atoms with Gasteiger partial charge in [-0.25, -0.2) is 4.98 Å². The van der Waals surface area contributed by atoms with Crippen LogP contribution >= 0.6 is 23.2 Å². The van der Waals surface area contributed by atoms with Crippen molar-refractivity contribution in [2.24, 2.45) is 0 Å². The summed E-state index contributed by atoms with van der Waals surface area (Å²) in [5.41, 5.74) is 0.901. The largest absolute Gasteiger partial charge is 0.355 e. The van der Waals surface area contributed by atoms with E-state index in [4.69, 9.17) is 23.2 Å². The van der Waals surface area contributed by atoms with Crippen molar-refractivity contribution >= 4 is 34.7 Å². The van der Waals surface area contributed by atoms with E-state index in [0.717, 1.165) is 5.56 Å². The monoisotopic (exact) mass is 311 g/mol. The molecular formula is C13H11Cl2N3O2. The first kappa shape index (κ1) is 14.6. The van der Waals surface area contributed by atoms with Gasteiger partial charge in [0.25, 0.3) is 5.69 Å². The summed E-state index contributed by atoms with van der Waals surface area (Å²) < 4.78 is 0. The predicted molar refractivity (Wildman–Crippen MR) is 79.5 cm³/mol. The molecule has 7 heteroatoms. The molecule has 0 bridgehead atoms. The smallest absolute Gasteiger partial charge is 0.287 e. The zero-order chi connectivity index (χ0) is 14.7. The zero-order valence-electron chi connectivity index (χ0n) is 10.6. The highest BCUT2D eigenvalue weighted by molar-refractivity contribution is 6.34. The maximum absolute atomic E-state index is 10.6. The minimum absolute atomic E-state index is 0.0343. The van der Waals surface area contributed by atoms with E-state index in [0.29, 0.717) is 22.4 Å². The molecule has 2 aromatic rings. The molecule has 0 aliphatic heterocycles. The summed E-state index contributed by atoms with van der Waals surface area (Å²) in [7, 11) is 1.84. The summed E-state index contributed by atoms with van der Waals surface area (Å²) >= 11 is 11.9. The van der Waals surface area contributed by atoms with E-state index in [1.807, 2.05) is 24.1 Å². The third-order valence-corrected chi connectivity index (χ3v) is 3.11. The Hall–Kier alpha value is -1.85. The Bertz CT molecular complexity index is 612. The van der Waals surface area contributed by atoms with E-state index in [-0.39, 0.29) is 5.69 Å². The number of anilines is 1. The molecule has 0 amide bonds. The molecule has 0 saturated heterocycles. The van der Waals surface area contributed by atoms with Crippen LogP contribution in [0, 0.1) is 10.1 Å². The molecule has 20 heavy (non-hydrogen) atoms. The lowest BCUT2D eigenvalue weighted by Crippen LogP contribution is -2.17. The molecule has 0 atom stereocenters. The molecule has 104 valence electrons. The van der Waals surface area contributed by atoms with Crippen LogP contribution in [0.2, 0.25) is 10.0 Å². The fourth-order valence-corrected chi connectivity index (χ4v) is 2.34.